The molecule has 0 amide bonds. The molecule has 1 N–H and O–H groups in total. The third-order valence-electron chi connectivity index (χ3n) is 3.66. The number of nitrogens with one attached hydrogen (secondary N) is 1. The maximum Gasteiger partial charge on any atom is 0.331 e. The monoisotopic (exact) mass is 263 g/mol. The second-order valence-corrected chi connectivity index (χ2v) is 4.82. The molecule has 2 aromatic rings. The predicted molar refractivity (Wildman–Crippen MR) is 69.9 cm³/mol. The zero-order valence-electron chi connectivity index (χ0n) is 10.5. The van der Waals surface area contributed by atoms with Crippen molar-refractivity contribution in [3.05, 3.63) is 44.9 Å². The van der Waals surface area contributed by atoms with Gasteiger partial charge in [0.05, 0.1) is 16.9 Å². The normalized spacial score (nSPS) is 19.2. The number of hydrogen-bond acceptors (Lipinski definition) is 3. The molecule has 0 radical (unpaired) electrons. The van der Waals surface area contributed by atoms with Crippen LogP contribution in [0.5, 0.6) is 0 Å². The SMILES string of the molecule is Cn1c(=O)n(C2CCNC2)c(=O)c2cc(F)ccc21. The highest BCUT2D eigenvalue weighted by Gasteiger charge is 2.22. The van der Waals surface area contributed by atoms with E-state index in [0.717, 1.165) is 13.0 Å². The predicted octanol–water partition coefficient (Wildman–Crippen LogP) is 0.374. The summed E-state index contributed by atoms with van der Waals surface area (Å²) >= 11 is 0. The number of benzene rings is 1. The second kappa shape index (κ2) is 4.31. The number of aromatic nitrogens is 2. The van der Waals surface area contributed by atoms with Crippen LogP contribution in [0.15, 0.2) is 27.8 Å². The molecule has 1 fully saturated rings. The molecule has 5 nitrogen and oxygen atoms in total. The fourth-order valence-electron chi connectivity index (χ4n) is 2.64. The Hall–Kier alpha value is -1.95. The molecular weight excluding hydrogens is 249 g/mol. The van der Waals surface area contributed by atoms with Crippen molar-refractivity contribution in [2.75, 3.05) is 13.1 Å². The molecule has 6 heteroatoms. The third-order valence-corrected chi connectivity index (χ3v) is 3.66. The molecule has 1 saturated heterocycles. The van der Waals surface area contributed by atoms with Gasteiger partial charge in [-0.1, -0.05) is 0 Å². The molecule has 2 heterocycles. The van der Waals surface area contributed by atoms with E-state index in [1.54, 1.807) is 7.05 Å². The standard InChI is InChI=1S/C13H14FN3O2/c1-16-11-3-2-8(14)6-10(11)12(18)17(13(16)19)9-4-5-15-7-9/h2-3,6,9,15H,4-5,7H2,1H3. The Morgan fingerprint density at radius 2 is 2.16 bits per heavy atom. The summed E-state index contributed by atoms with van der Waals surface area (Å²) in [7, 11) is 1.60. The molecule has 1 unspecified atom stereocenters. The van der Waals surface area contributed by atoms with E-state index in [9.17, 15) is 14.0 Å². The van der Waals surface area contributed by atoms with Crippen molar-refractivity contribution in [3.8, 4) is 0 Å². The van der Waals surface area contributed by atoms with E-state index in [4.69, 9.17) is 0 Å². The maximum atomic E-state index is 13.3. The van der Waals surface area contributed by atoms with Gasteiger partial charge >= 0.3 is 5.69 Å². The summed E-state index contributed by atoms with van der Waals surface area (Å²) in [4.78, 5) is 24.7. The van der Waals surface area contributed by atoms with Crippen molar-refractivity contribution in [2.24, 2.45) is 7.05 Å². The first-order chi connectivity index (χ1) is 9.09. The van der Waals surface area contributed by atoms with Crippen LogP contribution in [0.3, 0.4) is 0 Å². The Balaban J connectivity index is 2.39. The molecular formula is C13H14FN3O2. The summed E-state index contributed by atoms with van der Waals surface area (Å²) in [5.74, 6) is -0.473. The van der Waals surface area contributed by atoms with E-state index in [0.29, 0.717) is 12.1 Å². The molecule has 1 atom stereocenters. The number of halogens is 1. The first kappa shape index (κ1) is 12.1. The van der Waals surface area contributed by atoms with E-state index in [2.05, 4.69) is 5.32 Å². The average Bonchev–Trinajstić information content (AvgIpc) is 2.90. The fraction of sp³-hybridized carbons (Fsp3) is 0.385. The average molecular weight is 263 g/mol. The number of hydrogen-bond donors (Lipinski definition) is 1. The third kappa shape index (κ3) is 1.79. The first-order valence-corrected chi connectivity index (χ1v) is 6.21. The molecule has 100 valence electrons. The summed E-state index contributed by atoms with van der Waals surface area (Å²) in [6.45, 7) is 1.37. The second-order valence-electron chi connectivity index (χ2n) is 4.82. The van der Waals surface area contributed by atoms with Crippen molar-refractivity contribution < 1.29 is 4.39 Å². The molecule has 1 aromatic carbocycles. The van der Waals surface area contributed by atoms with E-state index < -0.39 is 11.4 Å². The lowest BCUT2D eigenvalue weighted by Gasteiger charge is -2.15. The Bertz CT molecular complexity index is 757. The zero-order chi connectivity index (χ0) is 13.6. The Kier molecular flexibility index (Phi) is 2.74. The minimum absolute atomic E-state index is 0.154. The van der Waals surface area contributed by atoms with Gasteiger partial charge in [-0.15, -0.1) is 0 Å². The highest BCUT2D eigenvalue weighted by atomic mass is 19.1. The van der Waals surface area contributed by atoms with E-state index in [1.807, 2.05) is 0 Å². The lowest BCUT2D eigenvalue weighted by molar-refractivity contribution is 0.493. The highest BCUT2D eigenvalue weighted by Crippen LogP contribution is 2.14. The van der Waals surface area contributed by atoms with Crippen LogP contribution in [0.25, 0.3) is 10.9 Å². The summed E-state index contributed by atoms with van der Waals surface area (Å²) in [5, 5.41) is 3.37. The summed E-state index contributed by atoms with van der Waals surface area (Å²) in [6, 6.07) is 3.75. The molecule has 1 aromatic heterocycles. The van der Waals surface area contributed by atoms with Gasteiger partial charge in [0, 0.05) is 13.6 Å². The quantitative estimate of drug-likeness (QED) is 0.809. The molecule has 19 heavy (non-hydrogen) atoms. The number of aryl methyl sites for hydroxylation is 1. The number of rotatable bonds is 1. The maximum absolute atomic E-state index is 13.3. The van der Waals surface area contributed by atoms with Crippen molar-refractivity contribution in [1.82, 2.24) is 14.5 Å². The lowest BCUT2D eigenvalue weighted by atomic mass is 10.2. The smallest absolute Gasteiger partial charge is 0.315 e. The molecule has 0 spiro atoms. The Labute approximate surface area is 108 Å². The summed E-state index contributed by atoms with van der Waals surface area (Å²) in [5.41, 5.74) is -0.303. The Morgan fingerprint density at radius 3 is 2.84 bits per heavy atom. The van der Waals surface area contributed by atoms with Crippen LogP contribution in [0, 0.1) is 5.82 Å². The van der Waals surface area contributed by atoms with E-state index in [-0.39, 0.29) is 17.1 Å². The van der Waals surface area contributed by atoms with Gasteiger partial charge in [-0.3, -0.25) is 13.9 Å². The summed E-state index contributed by atoms with van der Waals surface area (Å²) in [6.07, 6.45) is 0.732. The molecule has 0 bridgehead atoms. The van der Waals surface area contributed by atoms with Crippen LogP contribution in [0.1, 0.15) is 12.5 Å². The topological polar surface area (TPSA) is 56.0 Å². The van der Waals surface area contributed by atoms with Gasteiger partial charge in [0.2, 0.25) is 0 Å². The zero-order valence-corrected chi connectivity index (χ0v) is 10.5. The van der Waals surface area contributed by atoms with Gasteiger partial charge in [0.25, 0.3) is 5.56 Å². The van der Waals surface area contributed by atoms with Gasteiger partial charge in [0.1, 0.15) is 5.82 Å². The lowest BCUT2D eigenvalue weighted by Crippen LogP contribution is -2.42. The molecule has 1 aliphatic rings. The largest absolute Gasteiger partial charge is 0.331 e. The molecule has 0 aliphatic carbocycles. The van der Waals surface area contributed by atoms with Gasteiger partial charge < -0.3 is 5.32 Å². The first-order valence-electron chi connectivity index (χ1n) is 6.21. The van der Waals surface area contributed by atoms with Crippen molar-refractivity contribution in [2.45, 2.75) is 12.5 Å². The van der Waals surface area contributed by atoms with Gasteiger partial charge in [-0.05, 0) is 31.2 Å². The van der Waals surface area contributed by atoms with Gasteiger partial charge in [-0.25, -0.2) is 9.18 Å². The minimum atomic E-state index is -0.473. The van der Waals surface area contributed by atoms with E-state index >= 15 is 0 Å². The fourth-order valence-corrected chi connectivity index (χ4v) is 2.64. The number of nitrogens with zero attached hydrogens (tertiary/aromatic N) is 2. The summed E-state index contributed by atoms with van der Waals surface area (Å²) < 4.78 is 15.9. The molecule has 1 aliphatic heterocycles. The number of fused-ring (bicyclic) bond motifs is 1. The molecule has 3 rings (SSSR count). The molecule has 0 saturated carbocycles. The van der Waals surface area contributed by atoms with Gasteiger partial charge in [0.15, 0.2) is 0 Å². The van der Waals surface area contributed by atoms with Crippen LogP contribution in [0.4, 0.5) is 4.39 Å². The van der Waals surface area contributed by atoms with Crippen molar-refractivity contribution >= 4 is 10.9 Å². The Morgan fingerprint density at radius 1 is 1.37 bits per heavy atom. The minimum Gasteiger partial charge on any atom is -0.315 e. The van der Waals surface area contributed by atoms with Crippen LogP contribution < -0.4 is 16.6 Å². The van der Waals surface area contributed by atoms with E-state index in [1.165, 1.54) is 27.3 Å². The van der Waals surface area contributed by atoms with Crippen molar-refractivity contribution in [3.63, 3.8) is 0 Å². The van der Waals surface area contributed by atoms with Crippen LogP contribution in [0.2, 0.25) is 0 Å². The van der Waals surface area contributed by atoms with Crippen LogP contribution >= 0.6 is 0 Å². The van der Waals surface area contributed by atoms with Gasteiger partial charge in [-0.2, -0.15) is 0 Å². The van der Waals surface area contributed by atoms with Crippen LogP contribution in [-0.4, -0.2) is 22.2 Å². The van der Waals surface area contributed by atoms with Crippen molar-refractivity contribution in [1.29, 1.82) is 0 Å². The van der Waals surface area contributed by atoms with Crippen LogP contribution in [-0.2, 0) is 7.05 Å². The highest BCUT2D eigenvalue weighted by molar-refractivity contribution is 5.77.